The molecular formula is C50H29N5. The van der Waals surface area contributed by atoms with Gasteiger partial charge in [-0.3, -0.25) is 0 Å². The molecule has 5 heteroatoms. The van der Waals surface area contributed by atoms with Gasteiger partial charge >= 0.3 is 0 Å². The van der Waals surface area contributed by atoms with E-state index in [1.54, 1.807) is 0 Å². The molecule has 0 saturated carbocycles. The van der Waals surface area contributed by atoms with Gasteiger partial charge in [-0.1, -0.05) is 109 Å². The van der Waals surface area contributed by atoms with Crippen LogP contribution in [0.5, 0.6) is 0 Å². The number of nitrogens with zero attached hydrogens (tertiary/aromatic N) is 5. The standard InChI is InChI=1S/C50H29N5/c51-30-32-20-26-41-39-12-1-5-15-44(39)53(49(41)28-32)36-24-21-33(22-25-36)34-23-27-43(35(29-34)31-52)55-47-18-8-4-13-40(47)42-14-9-19-48(50(42)55)54-45-16-6-2-10-37(45)38-11-3-7-17-46(38)54/h1-29H. The minimum absolute atomic E-state index is 0.590. The number of benzene rings is 8. The Morgan fingerprint density at radius 3 is 1.49 bits per heavy atom. The Hall–Kier alpha value is -7.86. The van der Waals surface area contributed by atoms with Crippen molar-refractivity contribution < 1.29 is 0 Å². The van der Waals surface area contributed by atoms with Crippen molar-refractivity contribution in [3.05, 3.63) is 187 Å². The molecule has 0 fully saturated rings. The van der Waals surface area contributed by atoms with Crippen LogP contribution in [0.25, 0.3) is 93.6 Å². The fourth-order valence-corrected chi connectivity index (χ4v) is 8.73. The van der Waals surface area contributed by atoms with Gasteiger partial charge in [-0.05, 0) is 77.9 Å². The monoisotopic (exact) mass is 699 g/mol. The summed E-state index contributed by atoms with van der Waals surface area (Å²) < 4.78 is 6.85. The summed E-state index contributed by atoms with van der Waals surface area (Å²) in [6.45, 7) is 0. The second-order valence-corrected chi connectivity index (χ2v) is 14.0. The molecule has 55 heavy (non-hydrogen) atoms. The van der Waals surface area contributed by atoms with Crippen LogP contribution in [0.2, 0.25) is 0 Å². The smallest absolute Gasteiger partial charge is 0.101 e. The molecule has 8 aromatic carbocycles. The molecule has 0 N–H and O–H groups in total. The molecule has 0 aliphatic rings. The van der Waals surface area contributed by atoms with Crippen molar-refractivity contribution in [1.82, 2.24) is 13.7 Å². The zero-order valence-electron chi connectivity index (χ0n) is 29.5. The van der Waals surface area contributed by atoms with Crippen LogP contribution in [0.3, 0.4) is 0 Å². The lowest BCUT2D eigenvalue weighted by atomic mass is 10.0. The third kappa shape index (κ3) is 4.45. The van der Waals surface area contributed by atoms with E-state index < -0.39 is 0 Å². The van der Waals surface area contributed by atoms with Crippen molar-refractivity contribution in [2.45, 2.75) is 0 Å². The van der Waals surface area contributed by atoms with Gasteiger partial charge in [-0.2, -0.15) is 10.5 Å². The highest BCUT2D eigenvalue weighted by atomic mass is 15.1. The average Bonchev–Trinajstić information content (AvgIpc) is 3.89. The maximum Gasteiger partial charge on any atom is 0.101 e. The third-order valence-electron chi connectivity index (χ3n) is 11.1. The van der Waals surface area contributed by atoms with Crippen LogP contribution < -0.4 is 0 Å². The van der Waals surface area contributed by atoms with Crippen LogP contribution in [-0.2, 0) is 0 Å². The Kier molecular flexibility index (Phi) is 6.61. The molecule has 0 amide bonds. The molecule has 3 heterocycles. The van der Waals surface area contributed by atoms with Crippen molar-refractivity contribution >= 4 is 65.4 Å². The van der Waals surface area contributed by atoms with Gasteiger partial charge in [-0.15, -0.1) is 0 Å². The summed E-state index contributed by atoms with van der Waals surface area (Å²) in [6.07, 6.45) is 0. The minimum Gasteiger partial charge on any atom is -0.309 e. The lowest BCUT2D eigenvalue weighted by molar-refractivity contribution is 1.12. The van der Waals surface area contributed by atoms with E-state index in [0.29, 0.717) is 11.1 Å². The number of hydrogen-bond acceptors (Lipinski definition) is 2. The summed E-state index contributed by atoms with van der Waals surface area (Å²) in [4.78, 5) is 0. The highest BCUT2D eigenvalue weighted by molar-refractivity contribution is 6.15. The van der Waals surface area contributed by atoms with Crippen LogP contribution in [0.1, 0.15) is 11.1 Å². The molecule has 254 valence electrons. The van der Waals surface area contributed by atoms with Gasteiger partial charge in [0.2, 0.25) is 0 Å². The predicted molar refractivity (Wildman–Crippen MR) is 224 cm³/mol. The SMILES string of the molecule is N#Cc1ccc2c3ccccc3n(-c3ccc(-c4ccc(-n5c6ccccc6c6cccc(-n7c8ccccc8c8ccccc87)c65)c(C#N)c4)cc3)c2c1. The molecule has 0 saturated heterocycles. The molecule has 11 rings (SSSR count). The number of aromatic nitrogens is 3. The zero-order valence-corrected chi connectivity index (χ0v) is 29.5. The Morgan fingerprint density at radius 1 is 0.345 bits per heavy atom. The normalized spacial score (nSPS) is 11.6. The van der Waals surface area contributed by atoms with E-state index in [1.807, 2.05) is 30.3 Å². The highest BCUT2D eigenvalue weighted by Gasteiger charge is 2.21. The van der Waals surface area contributed by atoms with Crippen LogP contribution in [0.15, 0.2) is 176 Å². The van der Waals surface area contributed by atoms with Gasteiger partial charge < -0.3 is 13.7 Å². The molecule has 0 unspecified atom stereocenters. The minimum atomic E-state index is 0.590. The van der Waals surface area contributed by atoms with Gasteiger partial charge in [0, 0.05) is 38.0 Å². The largest absolute Gasteiger partial charge is 0.309 e. The van der Waals surface area contributed by atoms with E-state index >= 15 is 0 Å². The summed E-state index contributed by atoms with van der Waals surface area (Å²) in [6, 6.07) is 65.9. The first-order chi connectivity index (χ1) is 27.2. The van der Waals surface area contributed by atoms with E-state index in [9.17, 15) is 10.5 Å². The maximum absolute atomic E-state index is 10.8. The van der Waals surface area contributed by atoms with Crippen LogP contribution in [0, 0.1) is 22.7 Å². The Bertz CT molecular complexity index is 3400. The van der Waals surface area contributed by atoms with Crippen molar-refractivity contribution in [3.63, 3.8) is 0 Å². The molecule has 0 spiro atoms. The van der Waals surface area contributed by atoms with Crippen molar-refractivity contribution in [2.24, 2.45) is 0 Å². The second kappa shape index (κ2) is 11.8. The molecule has 0 aliphatic heterocycles. The van der Waals surface area contributed by atoms with Gasteiger partial charge in [-0.25, -0.2) is 0 Å². The summed E-state index contributed by atoms with van der Waals surface area (Å²) in [5.41, 5.74) is 12.5. The number of hydrogen-bond donors (Lipinski definition) is 0. The second-order valence-electron chi connectivity index (χ2n) is 14.0. The van der Waals surface area contributed by atoms with Crippen molar-refractivity contribution in [1.29, 1.82) is 10.5 Å². The van der Waals surface area contributed by atoms with Crippen molar-refractivity contribution in [3.8, 4) is 40.3 Å². The molecule has 0 atom stereocenters. The first-order valence-electron chi connectivity index (χ1n) is 18.3. The number of nitriles is 2. The van der Waals surface area contributed by atoms with Crippen LogP contribution in [-0.4, -0.2) is 13.7 Å². The summed E-state index contributed by atoms with van der Waals surface area (Å²) in [5.74, 6) is 0. The van der Waals surface area contributed by atoms with E-state index in [4.69, 9.17) is 0 Å². The Labute approximate surface area is 316 Å². The molecule has 0 bridgehead atoms. The van der Waals surface area contributed by atoms with Gasteiger partial charge in [0.15, 0.2) is 0 Å². The quantitative estimate of drug-likeness (QED) is 0.184. The van der Waals surface area contributed by atoms with Gasteiger partial charge in [0.25, 0.3) is 0 Å². The fraction of sp³-hybridized carbons (Fsp3) is 0. The lowest BCUT2D eigenvalue weighted by Crippen LogP contribution is -2.02. The number of para-hydroxylation sites is 5. The van der Waals surface area contributed by atoms with E-state index in [2.05, 4.69) is 171 Å². The summed E-state index contributed by atoms with van der Waals surface area (Å²) in [5, 5.41) is 27.4. The Balaban J connectivity index is 1.09. The highest BCUT2D eigenvalue weighted by Crippen LogP contribution is 2.41. The fourth-order valence-electron chi connectivity index (χ4n) is 8.73. The van der Waals surface area contributed by atoms with Gasteiger partial charge in [0.05, 0.1) is 61.7 Å². The third-order valence-corrected chi connectivity index (χ3v) is 11.1. The van der Waals surface area contributed by atoms with E-state index in [-0.39, 0.29) is 0 Å². The average molecular weight is 700 g/mol. The molecule has 0 aliphatic carbocycles. The van der Waals surface area contributed by atoms with Crippen LogP contribution >= 0.6 is 0 Å². The van der Waals surface area contributed by atoms with Crippen LogP contribution in [0.4, 0.5) is 0 Å². The number of rotatable bonds is 4. The molecule has 11 aromatic rings. The zero-order chi connectivity index (χ0) is 36.6. The van der Waals surface area contributed by atoms with Gasteiger partial charge in [0.1, 0.15) is 6.07 Å². The van der Waals surface area contributed by atoms with Crippen molar-refractivity contribution in [2.75, 3.05) is 0 Å². The van der Waals surface area contributed by atoms with E-state index in [1.165, 1.54) is 10.8 Å². The predicted octanol–water partition coefficient (Wildman–Crippen LogP) is 12.4. The summed E-state index contributed by atoms with van der Waals surface area (Å²) in [7, 11) is 0. The maximum atomic E-state index is 10.8. The van der Waals surface area contributed by atoms with E-state index in [0.717, 1.165) is 82.8 Å². The number of fused-ring (bicyclic) bond motifs is 9. The first kappa shape index (κ1) is 30.7. The molecule has 0 radical (unpaired) electrons. The lowest BCUT2D eigenvalue weighted by Gasteiger charge is -2.16. The first-order valence-corrected chi connectivity index (χ1v) is 18.3. The molecule has 3 aromatic heterocycles. The topological polar surface area (TPSA) is 62.4 Å². The molecular weight excluding hydrogens is 671 g/mol. The summed E-state index contributed by atoms with van der Waals surface area (Å²) >= 11 is 0. The Morgan fingerprint density at radius 2 is 0.873 bits per heavy atom. The molecule has 5 nitrogen and oxygen atoms in total.